The number of alkyl halides is 3. The number of nitrogens with zero attached hydrogens (tertiary/aromatic N) is 1. The highest BCUT2D eigenvalue weighted by Gasteiger charge is 2.35. The lowest BCUT2D eigenvalue weighted by Crippen LogP contribution is -2.36. The molecule has 0 saturated heterocycles. The number of rotatable bonds is 2. The van der Waals surface area contributed by atoms with Crippen LogP contribution in [0.3, 0.4) is 0 Å². The molecule has 0 bridgehead atoms. The molecule has 1 N–H and O–H groups in total. The van der Waals surface area contributed by atoms with E-state index in [1.54, 1.807) is 12.1 Å². The zero-order valence-electron chi connectivity index (χ0n) is 9.38. The van der Waals surface area contributed by atoms with Gasteiger partial charge in [-0.05, 0) is 12.5 Å². The van der Waals surface area contributed by atoms with Crippen molar-refractivity contribution in [1.29, 1.82) is 5.41 Å². The summed E-state index contributed by atoms with van der Waals surface area (Å²) in [6.45, 7) is 1.90. The fourth-order valence-electron chi connectivity index (χ4n) is 2.13. The summed E-state index contributed by atoms with van der Waals surface area (Å²) in [6, 6.07) is 6.56. The van der Waals surface area contributed by atoms with E-state index in [9.17, 15) is 13.2 Å². The standard InChI is InChI=1S/C12H13F3N2/c1-8(6-12(13,14)15)17-7-9-4-2-3-5-10(9)11(17)16/h2-5,8,16H,6-7H2,1H3. The maximum atomic E-state index is 12.3. The summed E-state index contributed by atoms with van der Waals surface area (Å²) in [5.41, 5.74) is 1.66. The van der Waals surface area contributed by atoms with Crippen LogP contribution in [0.4, 0.5) is 13.2 Å². The normalized spacial score (nSPS) is 17.2. The zero-order valence-corrected chi connectivity index (χ0v) is 9.38. The summed E-state index contributed by atoms with van der Waals surface area (Å²) in [5, 5.41) is 7.88. The van der Waals surface area contributed by atoms with Crippen molar-refractivity contribution < 1.29 is 13.2 Å². The number of amidine groups is 1. The van der Waals surface area contributed by atoms with Gasteiger partial charge in [-0.15, -0.1) is 0 Å². The van der Waals surface area contributed by atoms with Crippen molar-refractivity contribution in [1.82, 2.24) is 4.90 Å². The third kappa shape index (κ3) is 2.43. The molecular weight excluding hydrogens is 229 g/mol. The minimum absolute atomic E-state index is 0.192. The molecule has 2 nitrogen and oxygen atoms in total. The Labute approximate surface area is 97.6 Å². The van der Waals surface area contributed by atoms with Crippen molar-refractivity contribution in [3.63, 3.8) is 0 Å². The Morgan fingerprint density at radius 1 is 1.35 bits per heavy atom. The van der Waals surface area contributed by atoms with Gasteiger partial charge in [0.15, 0.2) is 0 Å². The van der Waals surface area contributed by atoms with E-state index < -0.39 is 18.6 Å². The Morgan fingerprint density at radius 3 is 2.59 bits per heavy atom. The molecule has 1 aliphatic rings. The molecule has 1 aromatic rings. The summed E-state index contributed by atoms with van der Waals surface area (Å²) < 4.78 is 37.0. The Morgan fingerprint density at radius 2 is 2.00 bits per heavy atom. The molecule has 5 heteroatoms. The summed E-state index contributed by atoms with van der Waals surface area (Å²) in [4.78, 5) is 1.50. The summed E-state index contributed by atoms with van der Waals surface area (Å²) in [6.07, 6.45) is -5.07. The highest BCUT2D eigenvalue weighted by atomic mass is 19.4. The molecule has 2 rings (SSSR count). The molecule has 1 heterocycles. The predicted octanol–water partition coefficient (Wildman–Crippen LogP) is 3.17. The van der Waals surface area contributed by atoms with Gasteiger partial charge in [0.2, 0.25) is 0 Å². The average molecular weight is 242 g/mol. The topological polar surface area (TPSA) is 27.1 Å². The number of fused-ring (bicyclic) bond motifs is 1. The number of hydrogen-bond acceptors (Lipinski definition) is 1. The highest BCUT2D eigenvalue weighted by molar-refractivity contribution is 6.00. The first-order valence-corrected chi connectivity index (χ1v) is 5.39. The van der Waals surface area contributed by atoms with E-state index in [2.05, 4.69) is 0 Å². The SMILES string of the molecule is CC(CC(F)(F)F)N1Cc2ccccc2C1=N. The third-order valence-corrected chi connectivity index (χ3v) is 2.96. The molecule has 1 atom stereocenters. The molecule has 0 saturated carbocycles. The van der Waals surface area contributed by atoms with Gasteiger partial charge in [-0.3, -0.25) is 5.41 Å². The van der Waals surface area contributed by atoms with Gasteiger partial charge in [0.25, 0.3) is 0 Å². The monoisotopic (exact) mass is 242 g/mol. The number of benzene rings is 1. The molecule has 0 spiro atoms. The molecule has 17 heavy (non-hydrogen) atoms. The number of halogens is 3. The van der Waals surface area contributed by atoms with Gasteiger partial charge < -0.3 is 4.90 Å². The van der Waals surface area contributed by atoms with E-state index in [-0.39, 0.29) is 5.84 Å². The van der Waals surface area contributed by atoms with Crippen LogP contribution >= 0.6 is 0 Å². The fourth-order valence-corrected chi connectivity index (χ4v) is 2.13. The van der Waals surface area contributed by atoms with Crippen molar-refractivity contribution in [2.75, 3.05) is 0 Å². The van der Waals surface area contributed by atoms with Crippen LogP contribution in [-0.2, 0) is 6.54 Å². The van der Waals surface area contributed by atoms with Crippen molar-refractivity contribution >= 4 is 5.84 Å². The minimum Gasteiger partial charge on any atom is -0.349 e. The molecule has 1 unspecified atom stereocenters. The van der Waals surface area contributed by atoms with Crippen LogP contribution in [0.2, 0.25) is 0 Å². The highest BCUT2D eigenvalue weighted by Crippen LogP contribution is 2.29. The summed E-state index contributed by atoms with van der Waals surface area (Å²) >= 11 is 0. The Kier molecular flexibility index (Phi) is 2.85. The van der Waals surface area contributed by atoms with Gasteiger partial charge in [-0.1, -0.05) is 24.3 Å². The first kappa shape index (κ1) is 12.0. The van der Waals surface area contributed by atoms with E-state index >= 15 is 0 Å². The molecule has 0 radical (unpaired) electrons. The quantitative estimate of drug-likeness (QED) is 0.847. The van der Waals surface area contributed by atoms with Gasteiger partial charge in [-0.25, -0.2) is 0 Å². The van der Waals surface area contributed by atoms with Crippen molar-refractivity contribution in [3.05, 3.63) is 35.4 Å². The lowest BCUT2D eigenvalue weighted by atomic mass is 10.1. The molecule has 0 amide bonds. The van der Waals surface area contributed by atoms with Gasteiger partial charge in [0.05, 0.1) is 6.42 Å². The lowest BCUT2D eigenvalue weighted by Gasteiger charge is -2.26. The van der Waals surface area contributed by atoms with Crippen molar-refractivity contribution in [2.24, 2.45) is 0 Å². The second kappa shape index (κ2) is 4.05. The van der Waals surface area contributed by atoms with Crippen LogP contribution in [0.1, 0.15) is 24.5 Å². The summed E-state index contributed by atoms with van der Waals surface area (Å²) in [7, 11) is 0. The zero-order chi connectivity index (χ0) is 12.6. The van der Waals surface area contributed by atoms with Gasteiger partial charge in [0.1, 0.15) is 5.84 Å². The van der Waals surface area contributed by atoms with E-state index in [1.165, 1.54) is 11.8 Å². The molecule has 0 aromatic heterocycles. The largest absolute Gasteiger partial charge is 0.391 e. The van der Waals surface area contributed by atoms with Crippen LogP contribution < -0.4 is 0 Å². The molecule has 92 valence electrons. The Bertz CT molecular complexity index is 440. The first-order chi connectivity index (χ1) is 7.88. The van der Waals surface area contributed by atoms with Crippen molar-refractivity contribution in [3.8, 4) is 0 Å². The summed E-state index contributed by atoms with van der Waals surface area (Å²) in [5.74, 6) is 0.192. The first-order valence-electron chi connectivity index (χ1n) is 5.39. The van der Waals surface area contributed by atoms with Crippen LogP contribution in [0.5, 0.6) is 0 Å². The van der Waals surface area contributed by atoms with Gasteiger partial charge >= 0.3 is 6.18 Å². The molecule has 0 aliphatic carbocycles. The number of hydrogen-bond donors (Lipinski definition) is 1. The van der Waals surface area contributed by atoms with E-state index in [1.807, 2.05) is 12.1 Å². The van der Waals surface area contributed by atoms with E-state index in [0.29, 0.717) is 6.54 Å². The van der Waals surface area contributed by atoms with Crippen LogP contribution in [0.25, 0.3) is 0 Å². The van der Waals surface area contributed by atoms with Crippen LogP contribution in [0.15, 0.2) is 24.3 Å². The molecule has 0 fully saturated rings. The van der Waals surface area contributed by atoms with Gasteiger partial charge in [-0.2, -0.15) is 13.2 Å². The predicted molar refractivity (Wildman–Crippen MR) is 58.9 cm³/mol. The maximum Gasteiger partial charge on any atom is 0.391 e. The molecule has 1 aromatic carbocycles. The average Bonchev–Trinajstić information content (AvgIpc) is 2.55. The fraction of sp³-hybridized carbons (Fsp3) is 0.417. The molecular formula is C12H13F3N2. The van der Waals surface area contributed by atoms with Crippen LogP contribution in [0, 0.1) is 5.41 Å². The number of nitrogens with one attached hydrogen (secondary N) is 1. The van der Waals surface area contributed by atoms with Crippen molar-refractivity contribution in [2.45, 2.75) is 32.1 Å². The van der Waals surface area contributed by atoms with E-state index in [4.69, 9.17) is 5.41 Å². The smallest absolute Gasteiger partial charge is 0.349 e. The second-order valence-corrected chi connectivity index (χ2v) is 4.30. The maximum absolute atomic E-state index is 12.3. The van der Waals surface area contributed by atoms with E-state index in [0.717, 1.165) is 11.1 Å². The van der Waals surface area contributed by atoms with Crippen LogP contribution in [-0.4, -0.2) is 23.0 Å². The second-order valence-electron chi connectivity index (χ2n) is 4.30. The lowest BCUT2D eigenvalue weighted by molar-refractivity contribution is -0.143. The minimum atomic E-state index is -4.19. The third-order valence-electron chi connectivity index (χ3n) is 2.96. The Balaban J connectivity index is 2.15. The van der Waals surface area contributed by atoms with Gasteiger partial charge in [0, 0.05) is 18.2 Å². The molecule has 1 aliphatic heterocycles. The Hall–Kier alpha value is -1.52.